The molecule has 0 aliphatic carbocycles. The van der Waals surface area contributed by atoms with Crippen LogP contribution in [0.5, 0.6) is 0 Å². The summed E-state index contributed by atoms with van der Waals surface area (Å²) in [6.07, 6.45) is 6.41. The molecule has 2 aromatic rings. The zero-order valence-electron chi connectivity index (χ0n) is 9.14. The summed E-state index contributed by atoms with van der Waals surface area (Å²) < 4.78 is 1.97. The van der Waals surface area contributed by atoms with E-state index in [9.17, 15) is 0 Å². The van der Waals surface area contributed by atoms with E-state index in [4.69, 9.17) is 5.73 Å². The van der Waals surface area contributed by atoms with Crippen LogP contribution in [0.25, 0.3) is 10.9 Å². The lowest BCUT2D eigenvalue weighted by molar-refractivity contribution is 0.496. The van der Waals surface area contributed by atoms with Crippen molar-refractivity contribution in [3.05, 3.63) is 18.6 Å². The topological polar surface area (TPSA) is 56.7 Å². The fourth-order valence-electron chi connectivity index (χ4n) is 1.57. The molecule has 0 amide bonds. The zero-order valence-corrected chi connectivity index (χ0v) is 9.14. The van der Waals surface area contributed by atoms with E-state index in [1.807, 2.05) is 17.1 Å². The molecular formula is C11H16N4. The second-order valence-corrected chi connectivity index (χ2v) is 4.21. The van der Waals surface area contributed by atoms with Gasteiger partial charge in [-0.1, -0.05) is 13.8 Å². The molecule has 2 aromatic heterocycles. The van der Waals surface area contributed by atoms with Gasteiger partial charge in [-0.05, 0) is 12.3 Å². The van der Waals surface area contributed by atoms with E-state index in [1.165, 1.54) is 0 Å². The molecule has 4 nitrogen and oxygen atoms in total. The van der Waals surface area contributed by atoms with E-state index in [-0.39, 0.29) is 0 Å². The molecule has 0 radical (unpaired) electrons. The van der Waals surface area contributed by atoms with Crippen molar-refractivity contribution in [3.63, 3.8) is 0 Å². The smallest absolute Gasteiger partial charge is 0.0886 e. The minimum Gasteiger partial charge on any atom is -0.397 e. The number of hydrogen-bond acceptors (Lipinski definition) is 3. The second kappa shape index (κ2) is 3.88. The molecule has 0 atom stereocenters. The summed E-state index contributed by atoms with van der Waals surface area (Å²) in [5, 5.41) is 5.32. The van der Waals surface area contributed by atoms with Gasteiger partial charge in [0.25, 0.3) is 0 Å². The standard InChI is InChI=1S/C11H16N4/c1-8(2)3-4-15-11-7-13-6-10(12)9(11)5-14-15/h5-8H,3-4,12H2,1-2H3. The van der Waals surface area contributed by atoms with Gasteiger partial charge in [0, 0.05) is 11.9 Å². The fourth-order valence-corrected chi connectivity index (χ4v) is 1.57. The van der Waals surface area contributed by atoms with Crippen molar-refractivity contribution >= 4 is 16.6 Å². The minimum atomic E-state index is 0.679. The molecule has 2 N–H and O–H groups in total. The van der Waals surface area contributed by atoms with Crippen molar-refractivity contribution in [1.29, 1.82) is 0 Å². The molecule has 15 heavy (non-hydrogen) atoms. The summed E-state index contributed by atoms with van der Waals surface area (Å²) in [6, 6.07) is 0. The second-order valence-electron chi connectivity index (χ2n) is 4.21. The molecule has 2 heterocycles. The van der Waals surface area contributed by atoms with Crippen molar-refractivity contribution in [1.82, 2.24) is 14.8 Å². The number of nitrogens with two attached hydrogens (primary N) is 1. The largest absolute Gasteiger partial charge is 0.397 e. The Morgan fingerprint density at radius 1 is 1.33 bits per heavy atom. The first kappa shape index (κ1) is 9.96. The molecule has 0 saturated heterocycles. The third-order valence-electron chi connectivity index (χ3n) is 2.52. The maximum atomic E-state index is 5.81. The summed E-state index contributed by atoms with van der Waals surface area (Å²) in [5.41, 5.74) is 7.53. The average molecular weight is 204 g/mol. The van der Waals surface area contributed by atoms with E-state index in [2.05, 4.69) is 23.9 Å². The molecule has 4 heteroatoms. The number of fused-ring (bicyclic) bond motifs is 1. The molecule has 80 valence electrons. The summed E-state index contributed by atoms with van der Waals surface area (Å²) in [5.74, 6) is 0.679. The first-order valence-corrected chi connectivity index (χ1v) is 5.23. The van der Waals surface area contributed by atoms with Crippen LogP contribution in [-0.4, -0.2) is 14.8 Å². The van der Waals surface area contributed by atoms with Gasteiger partial charge in [-0.2, -0.15) is 5.10 Å². The van der Waals surface area contributed by atoms with Gasteiger partial charge in [0.1, 0.15) is 0 Å². The Bertz CT molecular complexity index is 459. The molecule has 0 unspecified atom stereocenters. The van der Waals surface area contributed by atoms with Gasteiger partial charge in [-0.3, -0.25) is 9.67 Å². The number of nitrogens with zero attached hydrogens (tertiary/aromatic N) is 3. The number of aryl methyl sites for hydroxylation is 1. The third-order valence-corrected chi connectivity index (χ3v) is 2.52. The van der Waals surface area contributed by atoms with Crippen molar-refractivity contribution in [2.24, 2.45) is 5.92 Å². The summed E-state index contributed by atoms with van der Waals surface area (Å²) in [6.45, 7) is 5.34. The Kier molecular flexibility index (Phi) is 2.58. The lowest BCUT2D eigenvalue weighted by atomic mass is 10.1. The van der Waals surface area contributed by atoms with Crippen molar-refractivity contribution < 1.29 is 0 Å². The van der Waals surface area contributed by atoms with Crippen LogP contribution >= 0.6 is 0 Å². The molecule has 0 bridgehead atoms. The van der Waals surface area contributed by atoms with E-state index >= 15 is 0 Å². The zero-order chi connectivity index (χ0) is 10.8. The number of anilines is 1. The van der Waals surface area contributed by atoms with Crippen LogP contribution in [0.4, 0.5) is 5.69 Å². The quantitative estimate of drug-likeness (QED) is 0.832. The highest BCUT2D eigenvalue weighted by Crippen LogP contribution is 2.19. The van der Waals surface area contributed by atoms with Crippen molar-refractivity contribution in [3.8, 4) is 0 Å². The van der Waals surface area contributed by atoms with Gasteiger partial charge >= 0.3 is 0 Å². The van der Waals surface area contributed by atoms with Crippen LogP contribution in [0, 0.1) is 5.92 Å². The van der Waals surface area contributed by atoms with Crippen LogP contribution in [0.3, 0.4) is 0 Å². The first-order chi connectivity index (χ1) is 7.18. The molecule has 0 aromatic carbocycles. The molecular weight excluding hydrogens is 188 g/mol. The summed E-state index contributed by atoms with van der Waals surface area (Å²) >= 11 is 0. The van der Waals surface area contributed by atoms with E-state index in [0.29, 0.717) is 11.6 Å². The number of pyridine rings is 1. The highest BCUT2D eigenvalue weighted by atomic mass is 15.3. The molecule has 0 spiro atoms. The molecule has 0 saturated carbocycles. The van der Waals surface area contributed by atoms with Gasteiger partial charge in [-0.15, -0.1) is 0 Å². The van der Waals surface area contributed by atoms with Crippen molar-refractivity contribution in [2.75, 3.05) is 5.73 Å². The maximum absolute atomic E-state index is 5.81. The average Bonchev–Trinajstić information content (AvgIpc) is 2.59. The van der Waals surface area contributed by atoms with Gasteiger partial charge in [0.15, 0.2) is 0 Å². The fraction of sp³-hybridized carbons (Fsp3) is 0.455. The summed E-state index contributed by atoms with van der Waals surface area (Å²) in [7, 11) is 0. The van der Waals surface area contributed by atoms with Gasteiger partial charge < -0.3 is 5.73 Å². The van der Waals surface area contributed by atoms with E-state index in [1.54, 1.807) is 6.20 Å². The van der Waals surface area contributed by atoms with Crippen LogP contribution < -0.4 is 5.73 Å². The van der Waals surface area contributed by atoms with E-state index < -0.39 is 0 Å². The first-order valence-electron chi connectivity index (χ1n) is 5.23. The Hall–Kier alpha value is -1.58. The molecule has 0 aliphatic heterocycles. The minimum absolute atomic E-state index is 0.679. The lowest BCUT2D eigenvalue weighted by Crippen LogP contribution is -2.03. The van der Waals surface area contributed by atoms with Gasteiger partial charge in [0.05, 0.1) is 29.8 Å². The van der Waals surface area contributed by atoms with Crippen LogP contribution in [0.15, 0.2) is 18.6 Å². The Labute approximate surface area is 89.1 Å². The van der Waals surface area contributed by atoms with Gasteiger partial charge in [-0.25, -0.2) is 0 Å². The van der Waals surface area contributed by atoms with Gasteiger partial charge in [0.2, 0.25) is 0 Å². The van der Waals surface area contributed by atoms with Crippen LogP contribution in [0.1, 0.15) is 20.3 Å². The van der Waals surface area contributed by atoms with E-state index in [0.717, 1.165) is 23.9 Å². The number of aromatic nitrogens is 3. The predicted octanol–water partition coefficient (Wildman–Crippen LogP) is 2.06. The summed E-state index contributed by atoms with van der Waals surface area (Å²) in [4.78, 5) is 4.09. The Morgan fingerprint density at radius 3 is 2.87 bits per heavy atom. The monoisotopic (exact) mass is 204 g/mol. The van der Waals surface area contributed by atoms with Crippen molar-refractivity contribution in [2.45, 2.75) is 26.8 Å². The Morgan fingerprint density at radius 2 is 2.13 bits per heavy atom. The normalized spacial score (nSPS) is 11.4. The number of nitrogen functional groups attached to an aromatic ring is 1. The lowest BCUT2D eigenvalue weighted by Gasteiger charge is -2.05. The van der Waals surface area contributed by atoms with Crippen LogP contribution in [0.2, 0.25) is 0 Å². The molecule has 0 aliphatic rings. The SMILES string of the molecule is CC(C)CCn1ncc2c(N)cncc21. The highest BCUT2D eigenvalue weighted by Gasteiger charge is 2.05. The number of rotatable bonds is 3. The number of hydrogen-bond donors (Lipinski definition) is 1. The molecule has 0 fully saturated rings. The molecule has 2 rings (SSSR count). The predicted molar refractivity (Wildman–Crippen MR) is 61.4 cm³/mol. The Balaban J connectivity index is 2.33. The highest BCUT2D eigenvalue weighted by molar-refractivity contribution is 5.88. The van der Waals surface area contributed by atoms with Crippen LogP contribution in [-0.2, 0) is 6.54 Å². The third kappa shape index (κ3) is 1.93. The maximum Gasteiger partial charge on any atom is 0.0886 e.